The Morgan fingerprint density at radius 1 is 1.15 bits per heavy atom. The van der Waals surface area contributed by atoms with Gasteiger partial charge in [-0.1, -0.05) is 38.5 Å². The van der Waals surface area contributed by atoms with Gasteiger partial charge >= 0.3 is 0 Å². The molecule has 0 amide bonds. The lowest BCUT2D eigenvalue weighted by molar-refractivity contribution is 0.289. The van der Waals surface area contributed by atoms with E-state index >= 15 is 0 Å². The zero-order valence-corrected chi connectivity index (χ0v) is 14.2. The minimum atomic E-state index is 0.760. The Labute approximate surface area is 126 Å². The van der Waals surface area contributed by atoms with Crippen LogP contribution in [0.3, 0.4) is 0 Å². The molecule has 0 aliphatic carbocycles. The Balaban J connectivity index is 3.90. The monoisotopic (exact) mass is 278 g/mol. The first-order chi connectivity index (χ1) is 9.45. The van der Waals surface area contributed by atoms with E-state index in [1.807, 2.05) is 13.0 Å². The van der Waals surface area contributed by atoms with E-state index in [0.717, 1.165) is 18.0 Å². The van der Waals surface area contributed by atoms with Crippen LogP contribution in [0.15, 0.2) is 35.6 Å². The van der Waals surface area contributed by atoms with Gasteiger partial charge < -0.3 is 10.6 Å². The lowest BCUT2D eigenvalue weighted by Gasteiger charge is -2.18. The van der Waals surface area contributed by atoms with E-state index in [1.165, 1.54) is 37.9 Å². The molecule has 0 aromatic heterocycles. The molecule has 0 radical (unpaired) electrons. The maximum absolute atomic E-state index is 5.67. The average molecular weight is 278 g/mol. The van der Waals surface area contributed by atoms with E-state index < -0.39 is 0 Å². The maximum Gasteiger partial charge on any atom is 0.00489 e. The molecule has 0 saturated heterocycles. The lowest BCUT2D eigenvalue weighted by Crippen LogP contribution is -2.24. The average Bonchev–Trinajstić information content (AvgIpc) is 2.34. The molecule has 20 heavy (non-hydrogen) atoms. The number of nitrogens with zero attached hydrogens (tertiary/aromatic N) is 1. The van der Waals surface area contributed by atoms with Gasteiger partial charge in [0.1, 0.15) is 0 Å². The van der Waals surface area contributed by atoms with Crippen LogP contribution < -0.4 is 5.73 Å². The van der Waals surface area contributed by atoms with Crippen molar-refractivity contribution >= 4 is 0 Å². The van der Waals surface area contributed by atoms with Crippen molar-refractivity contribution in [1.29, 1.82) is 0 Å². The molecule has 0 aliphatic rings. The zero-order chi connectivity index (χ0) is 15.4. The Hall–Kier alpha value is -1.02. The molecular formula is C18H34N2. The third-order valence-corrected chi connectivity index (χ3v) is 3.12. The normalized spacial score (nSPS) is 13.9. The highest BCUT2D eigenvalue weighted by Gasteiger charge is 2.01. The molecule has 0 fully saturated rings. The van der Waals surface area contributed by atoms with Gasteiger partial charge in [0.05, 0.1) is 0 Å². The Kier molecular flexibility index (Phi) is 11.2. The fourth-order valence-electron chi connectivity index (χ4n) is 2.28. The molecule has 0 rings (SSSR count). The van der Waals surface area contributed by atoms with E-state index in [1.54, 1.807) is 0 Å². The molecule has 0 unspecified atom stereocenters. The number of allylic oxidation sites excluding steroid dienone is 6. The molecule has 0 aromatic rings. The van der Waals surface area contributed by atoms with E-state index in [2.05, 4.69) is 50.9 Å². The predicted molar refractivity (Wildman–Crippen MR) is 91.6 cm³/mol. The van der Waals surface area contributed by atoms with Crippen LogP contribution in [0, 0.1) is 5.92 Å². The summed E-state index contributed by atoms with van der Waals surface area (Å²) in [4.78, 5) is 2.44. The Morgan fingerprint density at radius 2 is 1.85 bits per heavy atom. The highest BCUT2D eigenvalue weighted by Crippen LogP contribution is 2.11. The summed E-state index contributed by atoms with van der Waals surface area (Å²) in [6.07, 6.45) is 13.4. The summed E-state index contributed by atoms with van der Waals surface area (Å²) >= 11 is 0. The first kappa shape index (κ1) is 19.0. The molecule has 0 bridgehead atoms. The smallest absolute Gasteiger partial charge is 0.00489 e. The van der Waals surface area contributed by atoms with Crippen LogP contribution in [0.1, 0.15) is 53.4 Å². The predicted octanol–water partition coefficient (Wildman–Crippen LogP) is 4.50. The Bertz CT molecular complexity index is 320. The molecule has 0 heterocycles. The first-order valence-corrected chi connectivity index (χ1v) is 7.89. The number of unbranched alkanes of at least 4 members (excludes halogenated alkanes) is 2. The van der Waals surface area contributed by atoms with Gasteiger partial charge in [-0.05, 0) is 64.3 Å². The van der Waals surface area contributed by atoms with Crippen molar-refractivity contribution in [2.75, 3.05) is 20.1 Å². The molecule has 0 saturated carbocycles. The van der Waals surface area contributed by atoms with Gasteiger partial charge in [0, 0.05) is 12.2 Å². The molecule has 116 valence electrons. The second-order valence-corrected chi connectivity index (χ2v) is 6.12. The van der Waals surface area contributed by atoms with Gasteiger partial charge in [-0.25, -0.2) is 0 Å². The fourth-order valence-corrected chi connectivity index (χ4v) is 2.28. The second-order valence-electron chi connectivity index (χ2n) is 6.12. The highest BCUT2D eigenvalue weighted by atomic mass is 15.1. The SMILES string of the molecule is C\C=C/C(=C\C=C(/C)N)CCCCCN(C)CC(C)C. The minimum absolute atomic E-state index is 0.760. The van der Waals surface area contributed by atoms with Crippen molar-refractivity contribution < 1.29 is 0 Å². The molecular weight excluding hydrogens is 244 g/mol. The molecule has 0 atom stereocenters. The lowest BCUT2D eigenvalue weighted by atomic mass is 10.1. The summed E-state index contributed by atoms with van der Waals surface area (Å²) in [6.45, 7) is 10.9. The van der Waals surface area contributed by atoms with E-state index in [4.69, 9.17) is 5.73 Å². The van der Waals surface area contributed by atoms with Crippen molar-refractivity contribution in [2.45, 2.75) is 53.4 Å². The quantitative estimate of drug-likeness (QED) is 0.471. The second kappa shape index (κ2) is 11.8. The largest absolute Gasteiger partial charge is 0.402 e. The minimum Gasteiger partial charge on any atom is -0.402 e. The van der Waals surface area contributed by atoms with Crippen LogP contribution in [0.4, 0.5) is 0 Å². The van der Waals surface area contributed by atoms with Crippen LogP contribution in [0.5, 0.6) is 0 Å². The van der Waals surface area contributed by atoms with Crippen LogP contribution >= 0.6 is 0 Å². The van der Waals surface area contributed by atoms with Gasteiger partial charge in [0.15, 0.2) is 0 Å². The summed E-state index contributed by atoms with van der Waals surface area (Å²) in [5, 5.41) is 0. The van der Waals surface area contributed by atoms with Crippen molar-refractivity contribution in [3.05, 3.63) is 35.6 Å². The van der Waals surface area contributed by atoms with Crippen LogP contribution in [-0.2, 0) is 0 Å². The fraction of sp³-hybridized carbons (Fsp3) is 0.667. The van der Waals surface area contributed by atoms with Crippen molar-refractivity contribution in [1.82, 2.24) is 4.90 Å². The van der Waals surface area contributed by atoms with Gasteiger partial charge in [0.25, 0.3) is 0 Å². The molecule has 0 spiro atoms. The van der Waals surface area contributed by atoms with Crippen molar-refractivity contribution in [2.24, 2.45) is 11.7 Å². The standard InChI is InChI=1S/C18H34N2/c1-6-10-18(13-12-17(4)19)11-8-7-9-14-20(5)15-16(2)3/h6,10,12-13,16H,7-9,11,14-15,19H2,1-5H3/b10-6-,17-12+,18-13+. The number of hydrogen-bond acceptors (Lipinski definition) is 2. The van der Waals surface area contributed by atoms with Gasteiger partial charge in [-0.3, -0.25) is 0 Å². The topological polar surface area (TPSA) is 29.3 Å². The number of nitrogens with two attached hydrogens (primary N) is 1. The molecule has 2 heteroatoms. The third kappa shape index (κ3) is 12.0. The summed E-state index contributed by atoms with van der Waals surface area (Å²) in [5.41, 5.74) is 7.90. The van der Waals surface area contributed by atoms with Crippen LogP contribution in [0.2, 0.25) is 0 Å². The van der Waals surface area contributed by atoms with Gasteiger partial charge in [-0.2, -0.15) is 0 Å². The molecule has 0 aliphatic heterocycles. The summed E-state index contributed by atoms with van der Waals surface area (Å²) in [5.74, 6) is 0.760. The first-order valence-electron chi connectivity index (χ1n) is 7.89. The molecule has 2 nitrogen and oxygen atoms in total. The zero-order valence-electron chi connectivity index (χ0n) is 14.2. The number of rotatable bonds is 10. The third-order valence-electron chi connectivity index (χ3n) is 3.12. The highest BCUT2D eigenvalue weighted by molar-refractivity contribution is 5.24. The number of hydrogen-bond donors (Lipinski definition) is 1. The summed E-state index contributed by atoms with van der Waals surface area (Å²) in [7, 11) is 2.22. The maximum atomic E-state index is 5.67. The molecule has 2 N–H and O–H groups in total. The van der Waals surface area contributed by atoms with Gasteiger partial charge in [-0.15, -0.1) is 0 Å². The Morgan fingerprint density at radius 3 is 2.40 bits per heavy atom. The van der Waals surface area contributed by atoms with E-state index in [-0.39, 0.29) is 0 Å². The van der Waals surface area contributed by atoms with Crippen LogP contribution in [0.25, 0.3) is 0 Å². The van der Waals surface area contributed by atoms with Crippen molar-refractivity contribution in [3.8, 4) is 0 Å². The summed E-state index contributed by atoms with van der Waals surface area (Å²) < 4.78 is 0. The van der Waals surface area contributed by atoms with E-state index in [0.29, 0.717) is 0 Å². The van der Waals surface area contributed by atoms with E-state index in [9.17, 15) is 0 Å². The molecule has 0 aromatic carbocycles. The van der Waals surface area contributed by atoms with Gasteiger partial charge in [0.2, 0.25) is 0 Å². The van der Waals surface area contributed by atoms with Crippen LogP contribution in [-0.4, -0.2) is 25.0 Å². The van der Waals surface area contributed by atoms with Crippen molar-refractivity contribution in [3.63, 3.8) is 0 Å². The summed E-state index contributed by atoms with van der Waals surface area (Å²) in [6, 6.07) is 0.